The first kappa shape index (κ1) is 18.9. The van der Waals surface area contributed by atoms with E-state index in [2.05, 4.69) is 10.6 Å². The molecule has 1 saturated heterocycles. The Morgan fingerprint density at radius 1 is 1.00 bits per heavy atom. The molecule has 1 aromatic carbocycles. The van der Waals surface area contributed by atoms with E-state index in [9.17, 15) is 14.4 Å². The van der Waals surface area contributed by atoms with Crippen molar-refractivity contribution in [3.63, 3.8) is 0 Å². The molecule has 0 aromatic heterocycles. The standard InChI is InChI=1S/C17H24N4O4/c1-13(22)18-14-3-5-15(6-4-14)19-16(23)11-20-7-9-21(10-8-20)17(24)12-25-2/h3-6H,7-12H2,1-2H3,(H,18,22)(H,19,23). The van der Waals surface area contributed by atoms with Crippen LogP contribution in [0.3, 0.4) is 0 Å². The molecule has 8 nitrogen and oxygen atoms in total. The third-order valence-electron chi connectivity index (χ3n) is 3.85. The van der Waals surface area contributed by atoms with Crippen molar-refractivity contribution in [1.29, 1.82) is 0 Å². The molecule has 1 fully saturated rings. The molecule has 0 radical (unpaired) electrons. The van der Waals surface area contributed by atoms with Gasteiger partial charge in [-0.15, -0.1) is 0 Å². The quantitative estimate of drug-likeness (QED) is 0.775. The summed E-state index contributed by atoms with van der Waals surface area (Å²) >= 11 is 0. The Balaban J connectivity index is 1.75. The minimum absolute atomic E-state index is 0.0224. The predicted molar refractivity (Wildman–Crippen MR) is 94.3 cm³/mol. The molecule has 1 heterocycles. The van der Waals surface area contributed by atoms with Crippen molar-refractivity contribution in [1.82, 2.24) is 9.80 Å². The summed E-state index contributed by atoms with van der Waals surface area (Å²) in [5, 5.41) is 5.50. The molecule has 0 bridgehead atoms. The molecule has 0 spiro atoms. The van der Waals surface area contributed by atoms with Crippen molar-refractivity contribution in [3.05, 3.63) is 24.3 Å². The third kappa shape index (κ3) is 6.17. The van der Waals surface area contributed by atoms with Gasteiger partial charge in [-0.25, -0.2) is 0 Å². The maximum atomic E-state index is 12.1. The van der Waals surface area contributed by atoms with Gasteiger partial charge in [-0.3, -0.25) is 19.3 Å². The Kier molecular flexibility index (Phi) is 6.91. The average molecular weight is 348 g/mol. The van der Waals surface area contributed by atoms with Gasteiger partial charge < -0.3 is 20.3 Å². The van der Waals surface area contributed by atoms with E-state index in [4.69, 9.17) is 4.74 Å². The first-order chi connectivity index (χ1) is 12.0. The van der Waals surface area contributed by atoms with Crippen LogP contribution in [0.15, 0.2) is 24.3 Å². The fourth-order valence-corrected chi connectivity index (χ4v) is 2.61. The molecule has 25 heavy (non-hydrogen) atoms. The van der Waals surface area contributed by atoms with Gasteiger partial charge in [0, 0.05) is 51.6 Å². The minimum atomic E-state index is -0.139. The Morgan fingerprint density at radius 2 is 1.56 bits per heavy atom. The number of anilines is 2. The number of piperazine rings is 1. The molecular formula is C17H24N4O4. The number of rotatable bonds is 6. The number of hydrogen-bond acceptors (Lipinski definition) is 5. The number of nitrogens with zero attached hydrogens (tertiary/aromatic N) is 2. The zero-order valence-corrected chi connectivity index (χ0v) is 14.6. The summed E-state index contributed by atoms with van der Waals surface area (Å²) < 4.78 is 4.85. The van der Waals surface area contributed by atoms with Crippen LogP contribution in [0, 0.1) is 0 Å². The SMILES string of the molecule is COCC(=O)N1CCN(CC(=O)Nc2ccc(NC(C)=O)cc2)CC1. The van der Waals surface area contributed by atoms with E-state index in [1.165, 1.54) is 14.0 Å². The fourth-order valence-electron chi connectivity index (χ4n) is 2.61. The van der Waals surface area contributed by atoms with E-state index in [1.54, 1.807) is 29.2 Å². The van der Waals surface area contributed by atoms with Crippen molar-refractivity contribution in [2.75, 3.05) is 57.1 Å². The van der Waals surface area contributed by atoms with E-state index in [-0.39, 0.29) is 30.9 Å². The molecule has 1 aromatic rings. The van der Waals surface area contributed by atoms with E-state index in [0.29, 0.717) is 37.6 Å². The minimum Gasteiger partial charge on any atom is -0.375 e. The predicted octanol–water partition coefficient (Wildman–Crippen LogP) is 0.374. The number of ether oxygens (including phenoxy) is 1. The molecule has 136 valence electrons. The molecule has 1 aliphatic heterocycles. The van der Waals surface area contributed by atoms with Gasteiger partial charge in [-0.2, -0.15) is 0 Å². The van der Waals surface area contributed by atoms with Crippen LogP contribution in [0.1, 0.15) is 6.92 Å². The topological polar surface area (TPSA) is 91.0 Å². The summed E-state index contributed by atoms with van der Waals surface area (Å²) in [4.78, 5) is 38.6. The van der Waals surface area contributed by atoms with Crippen LogP contribution in [0.2, 0.25) is 0 Å². The summed E-state index contributed by atoms with van der Waals surface area (Å²) in [6.07, 6.45) is 0. The van der Waals surface area contributed by atoms with Crippen LogP contribution in [-0.4, -0.2) is 74.0 Å². The number of nitrogens with one attached hydrogen (secondary N) is 2. The van der Waals surface area contributed by atoms with Crippen LogP contribution in [0.5, 0.6) is 0 Å². The summed E-state index contributed by atoms with van der Waals surface area (Å²) in [7, 11) is 1.50. The van der Waals surface area contributed by atoms with Gasteiger partial charge in [-0.1, -0.05) is 0 Å². The lowest BCUT2D eigenvalue weighted by molar-refractivity contribution is -0.137. The second kappa shape index (κ2) is 9.14. The average Bonchev–Trinajstić information content (AvgIpc) is 2.57. The van der Waals surface area contributed by atoms with Gasteiger partial charge in [0.1, 0.15) is 6.61 Å². The van der Waals surface area contributed by atoms with Gasteiger partial charge in [0.05, 0.1) is 6.54 Å². The molecule has 0 aliphatic carbocycles. The first-order valence-electron chi connectivity index (χ1n) is 8.14. The third-order valence-corrected chi connectivity index (χ3v) is 3.85. The largest absolute Gasteiger partial charge is 0.375 e. The number of hydrogen-bond donors (Lipinski definition) is 2. The molecule has 2 N–H and O–H groups in total. The Labute approximate surface area is 147 Å². The van der Waals surface area contributed by atoms with Crippen LogP contribution in [0.25, 0.3) is 0 Å². The van der Waals surface area contributed by atoms with E-state index < -0.39 is 0 Å². The highest BCUT2D eigenvalue weighted by atomic mass is 16.5. The van der Waals surface area contributed by atoms with Gasteiger partial charge in [0.25, 0.3) is 0 Å². The number of carbonyl (C=O) groups is 3. The highest BCUT2D eigenvalue weighted by Gasteiger charge is 2.22. The van der Waals surface area contributed by atoms with Crippen LogP contribution in [-0.2, 0) is 19.1 Å². The Hall–Kier alpha value is -2.45. The van der Waals surface area contributed by atoms with E-state index >= 15 is 0 Å². The molecule has 1 aliphatic rings. The van der Waals surface area contributed by atoms with E-state index in [1.807, 2.05) is 4.90 Å². The smallest absolute Gasteiger partial charge is 0.248 e. The van der Waals surface area contributed by atoms with Gasteiger partial charge >= 0.3 is 0 Å². The second-order valence-corrected chi connectivity index (χ2v) is 5.90. The molecule has 8 heteroatoms. The van der Waals surface area contributed by atoms with Crippen molar-refractivity contribution < 1.29 is 19.1 Å². The number of carbonyl (C=O) groups excluding carboxylic acids is 3. The highest BCUT2D eigenvalue weighted by Crippen LogP contribution is 2.13. The molecule has 2 rings (SSSR count). The summed E-state index contributed by atoms with van der Waals surface area (Å²) in [5.74, 6) is -0.269. The van der Waals surface area contributed by atoms with Gasteiger partial charge in [-0.05, 0) is 24.3 Å². The summed E-state index contributed by atoms with van der Waals surface area (Å²) in [5.41, 5.74) is 1.36. The molecule has 3 amide bonds. The van der Waals surface area contributed by atoms with Crippen LogP contribution < -0.4 is 10.6 Å². The maximum Gasteiger partial charge on any atom is 0.248 e. The van der Waals surface area contributed by atoms with E-state index in [0.717, 1.165) is 0 Å². The summed E-state index contributed by atoms with van der Waals surface area (Å²) in [6.45, 7) is 4.32. The van der Waals surface area contributed by atoms with Crippen LogP contribution >= 0.6 is 0 Å². The molecule has 0 atom stereocenters. The van der Waals surface area contributed by atoms with Crippen LogP contribution in [0.4, 0.5) is 11.4 Å². The number of benzene rings is 1. The number of amides is 3. The summed E-state index contributed by atoms with van der Waals surface area (Å²) in [6, 6.07) is 6.95. The fraction of sp³-hybridized carbons (Fsp3) is 0.471. The zero-order valence-electron chi connectivity index (χ0n) is 14.6. The lowest BCUT2D eigenvalue weighted by atomic mass is 10.2. The molecule has 0 unspecified atom stereocenters. The van der Waals surface area contributed by atoms with Crippen molar-refractivity contribution in [2.45, 2.75) is 6.92 Å². The lowest BCUT2D eigenvalue weighted by Crippen LogP contribution is -2.51. The van der Waals surface area contributed by atoms with Crippen molar-refractivity contribution in [3.8, 4) is 0 Å². The zero-order chi connectivity index (χ0) is 18.2. The van der Waals surface area contributed by atoms with Crippen molar-refractivity contribution in [2.24, 2.45) is 0 Å². The van der Waals surface area contributed by atoms with Gasteiger partial charge in [0.15, 0.2) is 0 Å². The van der Waals surface area contributed by atoms with Gasteiger partial charge in [0.2, 0.25) is 17.7 Å². The van der Waals surface area contributed by atoms with Crippen molar-refractivity contribution >= 4 is 29.1 Å². The molecular weight excluding hydrogens is 324 g/mol. The Morgan fingerprint density at radius 3 is 2.08 bits per heavy atom. The highest BCUT2D eigenvalue weighted by molar-refractivity contribution is 5.93. The lowest BCUT2D eigenvalue weighted by Gasteiger charge is -2.34. The molecule has 0 saturated carbocycles. The number of methoxy groups -OCH3 is 1. The second-order valence-electron chi connectivity index (χ2n) is 5.90. The monoisotopic (exact) mass is 348 g/mol. The normalized spacial score (nSPS) is 14.9. The Bertz CT molecular complexity index is 610. The first-order valence-corrected chi connectivity index (χ1v) is 8.14. The maximum absolute atomic E-state index is 12.1.